The molecule has 0 aliphatic carbocycles. The van der Waals surface area contributed by atoms with Crippen LogP contribution in [-0.2, 0) is 9.59 Å². The third-order valence-corrected chi connectivity index (χ3v) is 9.15. The summed E-state index contributed by atoms with van der Waals surface area (Å²) in [5.74, 6) is 6.02. The first kappa shape index (κ1) is 54.7. The van der Waals surface area contributed by atoms with Crippen LogP contribution in [0.25, 0.3) is 0 Å². The van der Waals surface area contributed by atoms with Gasteiger partial charge in [0, 0.05) is 32.5 Å². The minimum Gasteiger partial charge on any atom is -0.483 e. The Morgan fingerprint density at radius 3 is 1.14 bits per heavy atom. The zero-order chi connectivity index (χ0) is 36.0. The number of carbonyl (C=O) groups is 2. The Kier molecular flexibility index (Phi) is 60.1. The van der Waals surface area contributed by atoms with Crippen molar-refractivity contribution in [1.29, 1.82) is 0 Å². The Bertz CT molecular complexity index is 574. The van der Waals surface area contributed by atoms with Crippen molar-refractivity contribution in [3.63, 3.8) is 0 Å². The van der Waals surface area contributed by atoms with Gasteiger partial charge >= 0.3 is 0 Å². The number of aliphatic hydroxyl groups is 1. The van der Waals surface area contributed by atoms with Gasteiger partial charge in [0.15, 0.2) is 0 Å². The summed E-state index contributed by atoms with van der Waals surface area (Å²) in [4.78, 5) is 22.9. The number of carbonyl (C=O) groups excluding carboxylic acids is 1. The van der Waals surface area contributed by atoms with Gasteiger partial charge < -0.3 is 15.1 Å². The second-order valence-electron chi connectivity index (χ2n) is 13.9. The second-order valence-corrected chi connectivity index (χ2v) is 13.9. The van der Waals surface area contributed by atoms with Gasteiger partial charge in [0.1, 0.15) is 5.78 Å². The molecule has 0 amide bonds. The molecule has 0 aromatic heterocycles. The van der Waals surface area contributed by atoms with Crippen LogP contribution >= 0.6 is 0 Å². The highest BCUT2D eigenvalue weighted by Crippen LogP contribution is 2.14. The molecule has 0 aliphatic rings. The Morgan fingerprint density at radius 2 is 0.816 bits per heavy atom. The lowest BCUT2D eigenvalue weighted by Gasteiger charge is -2.22. The maximum absolute atomic E-state index is 11.9. The van der Waals surface area contributed by atoms with Crippen LogP contribution in [0.5, 0.6) is 0 Å². The topological polar surface area (TPSA) is 116 Å². The standard InChI is InChI=1S/C32H67N3O.C8H18O.CH2O2.CH4/c1-3-5-7-9-10-11-12-13-14-15-16-17-20-24-29-35(31-28-34-33)30-25-21-18-19-23-27-32(36)26-22-8-6-4-2;1-2-3-4-5-6-7-8-9;2-1-3;/h34H,3-31,33H2,1-2H3;9H,2-8H2,1H3;1H,(H,2,3);1H4. The molecule has 0 saturated carbocycles. The molecule has 298 valence electrons. The first-order chi connectivity index (χ1) is 23.6. The largest absolute Gasteiger partial charge is 0.483 e. The number of rotatable bonds is 37. The van der Waals surface area contributed by atoms with Crippen molar-refractivity contribution in [1.82, 2.24) is 10.3 Å². The van der Waals surface area contributed by atoms with E-state index >= 15 is 0 Å². The highest BCUT2D eigenvalue weighted by atomic mass is 16.3. The van der Waals surface area contributed by atoms with E-state index in [1.54, 1.807) is 0 Å². The molecule has 0 aromatic rings. The van der Waals surface area contributed by atoms with Gasteiger partial charge in [-0.15, -0.1) is 0 Å². The maximum Gasteiger partial charge on any atom is 0.290 e. The molecule has 0 spiro atoms. The van der Waals surface area contributed by atoms with Crippen molar-refractivity contribution in [3.8, 4) is 0 Å². The molecule has 0 saturated heterocycles. The van der Waals surface area contributed by atoms with Crippen LogP contribution in [0.4, 0.5) is 0 Å². The molecular weight excluding hydrogens is 610 g/mol. The average molecular weight is 702 g/mol. The lowest BCUT2D eigenvalue weighted by atomic mass is 10.0. The van der Waals surface area contributed by atoms with Gasteiger partial charge in [0.2, 0.25) is 0 Å². The smallest absolute Gasteiger partial charge is 0.290 e. The van der Waals surface area contributed by atoms with Crippen LogP contribution in [0.15, 0.2) is 0 Å². The summed E-state index contributed by atoms with van der Waals surface area (Å²) < 4.78 is 0. The van der Waals surface area contributed by atoms with E-state index in [2.05, 4.69) is 31.1 Å². The number of carboxylic acid groups (broad SMARTS) is 1. The number of nitrogens with two attached hydrogens (primary N) is 1. The maximum atomic E-state index is 11.9. The van der Waals surface area contributed by atoms with Crippen molar-refractivity contribution in [2.45, 2.75) is 227 Å². The monoisotopic (exact) mass is 702 g/mol. The number of unbranched alkanes of at least 4 members (excludes halogenated alkanes) is 25. The predicted octanol–water partition coefficient (Wildman–Crippen LogP) is 11.8. The van der Waals surface area contributed by atoms with Crippen molar-refractivity contribution in [2.24, 2.45) is 5.84 Å². The van der Waals surface area contributed by atoms with Gasteiger partial charge in [-0.05, 0) is 45.2 Å². The SMILES string of the molecule is C.CCCCCCCCCCCCCCCCN(CCCCCCCC(=O)CCCCCC)CCNN.CCCCCCCCO.O=CO. The Labute approximate surface area is 307 Å². The van der Waals surface area contributed by atoms with Crippen LogP contribution in [0.2, 0.25) is 0 Å². The summed E-state index contributed by atoms with van der Waals surface area (Å²) in [6, 6.07) is 0. The molecule has 0 atom stereocenters. The summed E-state index contributed by atoms with van der Waals surface area (Å²) in [5, 5.41) is 15.3. The number of ketones is 1. The van der Waals surface area contributed by atoms with Gasteiger partial charge in [-0.1, -0.05) is 182 Å². The number of Topliss-reactive ketones (excluding diaryl/α,β-unsaturated/α-hetero) is 1. The van der Waals surface area contributed by atoms with Gasteiger partial charge in [-0.2, -0.15) is 0 Å². The van der Waals surface area contributed by atoms with Crippen molar-refractivity contribution in [2.75, 3.05) is 32.8 Å². The van der Waals surface area contributed by atoms with E-state index in [9.17, 15) is 4.79 Å². The average Bonchev–Trinajstić information content (AvgIpc) is 3.09. The van der Waals surface area contributed by atoms with Crippen molar-refractivity contribution in [3.05, 3.63) is 0 Å². The molecule has 0 heterocycles. The van der Waals surface area contributed by atoms with E-state index in [0.29, 0.717) is 12.4 Å². The van der Waals surface area contributed by atoms with Gasteiger partial charge in [-0.3, -0.25) is 20.9 Å². The van der Waals surface area contributed by atoms with Crippen LogP contribution in [0.1, 0.15) is 227 Å². The fourth-order valence-corrected chi connectivity index (χ4v) is 6.04. The van der Waals surface area contributed by atoms with Crippen molar-refractivity contribution >= 4 is 12.3 Å². The quantitative estimate of drug-likeness (QED) is 0.0220. The molecule has 0 radical (unpaired) electrons. The zero-order valence-corrected chi connectivity index (χ0v) is 32.8. The molecule has 7 nitrogen and oxygen atoms in total. The summed E-state index contributed by atoms with van der Waals surface area (Å²) in [6.45, 7) is 11.2. The van der Waals surface area contributed by atoms with Gasteiger partial charge in [0.25, 0.3) is 6.47 Å². The summed E-state index contributed by atoms with van der Waals surface area (Å²) >= 11 is 0. The summed E-state index contributed by atoms with van der Waals surface area (Å²) in [6.07, 6.45) is 39.9. The van der Waals surface area contributed by atoms with Crippen LogP contribution in [0, 0.1) is 0 Å². The lowest BCUT2D eigenvalue weighted by Crippen LogP contribution is -2.36. The summed E-state index contributed by atoms with van der Waals surface area (Å²) in [5.41, 5.74) is 2.83. The molecule has 7 heteroatoms. The van der Waals surface area contributed by atoms with Gasteiger partial charge in [0.05, 0.1) is 0 Å². The van der Waals surface area contributed by atoms with Crippen molar-refractivity contribution < 1.29 is 19.8 Å². The number of hydrogen-bond donors (Lipinski definition) is 4. The molecule has 5 N–H and O–H groups in total. The van der Waals surface area contributed by atoms with Gasteiger partial charge in [-0.25, -0.2) is 0 Å². The molecular formula is C42H91N3O4. The molecule has 0 unspecified atom stereocenters. The third-order valence-electron chi connectivity index (χ3n) is 9.15. The predicted molar refractivity (Wildman–Crippen MR) is 216 cm³/mol. The van der Waals surface area contributed by atoms with E-state index in [1.807, 2.05) is 0 Å². The minimum absolute atomic E-state index is 0. The number of nitrogens with one attached hydrogen (secondary N) is 1. The second kappa shape index (κ2) is 53.8. The minimum atomic E-state index is -0.250. The van der Waals surface area contributed by atoms with E-state index in [0.717, 1.165) is 45.2 Å². The van der Waals surface area contributed by atoms with Crippen LogP contribution in [0.3, 0.4) is 0 Å². The summed E-state index contributed by atoms with van der Waals surface area (Å²) in [7, 11) is 0. The van der Waals surface area contributed by atoms with E-state index in [1.165, 1.54) is 180 Å². The molecule has 0 aromatic carbocycles. The number of nitrogens with zero attached hydrogens (tertiary/aromatic N) is 1. The number of aliphatic hydroxyl groups excluding tert-OH is 1. The zero-order valence-electron chi connectivity index (χ0n) is 32.8. The normalized spacial score (nSPS) is 10.6. The molecule has 0 aliphatic heterocycles. The van der Waals surface area contributed by atoms with E-state index in [4.69, 9.17) is 20.9 Å². The van der Waals surface area contributed by atoms with Crippen LogP contribution in [-0.4, -0.2) is 60.2 Å². The van der Waals surface area contributed by atoms with E-state index in [-0.39, 0.29) is 13.9 Å². The Hall–Kier alpha value is -1.02. The Morgan fingerprint density at radius 1 is 0.531 bits per heavy atom. The first-order valence-corrected chi connectivity index (χ1v) is 20.9. The highest BCUT2D eigenvalue weighted by molar-refractivity contribution is 5.78. The fourth-order valence-electron chi connectivity index (χ4n) is 6.04. The number of hydrogen-bond acceptors (Lipinski definition) is 6. The fraction of sp³-hybridized carbons (Fsp3) is 0.952. The first-order valence-electron chi connectivity index (χ1n) is 20.9. The highest BCUT2D eigenvalue weighted by Gasteiger charge is 2.05. The van der Waals surface area contributed by atoms with Crippen LogP contribution < -0.4 is 11.3 Å². The Balaban J connectivity index is -0.000000661. The molecule has 0 fully saturated rings. The lowest BCUT2D eigenvalue weighted by molar-refractivity contribution is -0.123. The molecule has 0 bridgehead atoms. The molecule has 0 rings (SSSR count). The molecule has 49 heavy (non-hydrogen) atoms. The van der Waals surface area contributed by atoms with E-state index < -0.39 is 0 Å². The number of hydrazine groups is 1. The third kappa shape index (κ3) is 56.6.